The molecule has 0 saturated heterocycles. The Morgan fingerprint density at radius 1 is 1.08 bits per heavy atom. The number of hydrogen-bond donors (Lipinski definition) is 1. The predicted molar refractivity (Wildman–Crippen MR) is 128 cm³/mol. The van der Waals surface area contributed by atoms with E-state index < -0.39 is 28.6 Å². The van der Waals surface area contributed by atoms with E-state index in [-0.39, 0.29) is 28.9 Å². The van der Waals surface area contributed by atoms with Gasteiger partial charge in [-0.3, -0.25) is 23.5 Å². The van der Waals surface area contributed by atoms with Crippen LogP contribution < -0.4 is 16.0 Å². The number of pyridine rings is 3. The monoisotopic (exact) mass is 517 g/mol. The smallest absolute Gasteiger partial charge is 0.336 e. The fourth-order valence-electron chi connectivity index (χ4n) is 3.62. The Morgan fingerprint density at radius 2 is 1.81 bits per heavy atom. The molecule has 0 unspecified atom stereocenters. The van der Waals surface area contributed by atoms with Crippen LogP contribution in [0.2, 0.25) is 5.02 Å². The van der Waals surface area contributed by atoms with Crippen molar-refractivity contribution in [3.8, 4) is 17.3 Å². The van der Waals surface area contributed by atoms with Gasteiger partial charge in [0.05, 0.1) is 11.9 Å². The summed E-state index contributed by atoms with van der Waals surface area (Å²) in [6, 6.07) is 3.73. The summed E-state index contributed by atoms with van der Waals surface area (Å²) in [5.41, 5.74) is -1.20. The van der Waals surface area contributed by atoms with E-state index in [9.17, 15) is 23.5 Å². The molecule has 0 fully saturated rings. The average molecular weight is 518 g/mol. The molecule has 0 radical (unpaired) electrons. The van der Waals surface area contributed by atoms with Crippen LogP contribution in [-0.2, 0) is 12.3 Å². The highest BCUT2D eigenvalue weighted by Gasteiger charge is 2.21. The van der Waals surface area contributed by atoms with E-state index in [2.05, 4.69) is 9.97 Å². The Hall–Kier alpha value is -3.83. The van der Waals surface area contributed by atoms with Crippen LogP contribution in [-0.4, -0.2) is 28.8 Å². The highest BCUT2D eigenvalue weighted by Crippen LogP contribution is 2.26. The molecule has 0 aliphatic carbocycles. The molecule has 4 heterocycles. The number of ether oxygens (including phenoxy) is 1. The van der Waals surface area contributed by atoms with Crippen molar-refractivity contribution >= 4 is 11.6 Å². The third kappa shape index (κ3) is 4.67. The maximum absolute atomic E-state index is 13.9. The summed E-state index contributed by atoms with van der Waals surface area (Å²) in [5.74, 6) is -1.47. The van der Waals surface area contributed by atoms with Crippen LogP contribution >= 0.6 is 11.6 Å². The fourth-order valence-corrected chi connectivity index (χ4v) is 3.82. The maximum atomic E-state index is 13.9. The average Bonchev–Trinajstić information content (AvgIpc) is 3.19. The first-order valence-electron chi connectivity index (χ1n) is 10.7. The van der Waals surface area contributed by atoms with Crippen molar-refractivity contribution in [3.05, 3.63) is 97.4 Å². The van der Waals surface area contributed by atoms with E-state index in [0.717, 1.165) is 10.8 Å². The second kappa shape index (κ2) is 9.32. The van der Waals surface area contributed by atoms with E-state index in [0.29, 0.717) is 23.0 Å². The number of rotatable bonds is 6. The first-order chi connectivity index (χ1) is 16.9. The minimum Gasteiger partial charge on any atom is -0.485 e. The molecule has 0 spiro atoms. The van der Waals surface area contributed by atoms with Gasteiger partial charge in [-0.05, 0) is 33.3 Å². The Kier molecular flexibility index (Phi) is 6.54. The van der Waals surface area contributed by atoms with Crippen molar-refractivity contribution < 1.29 is 18.6 Å². The Bertz CT molecular complexity index is 1590. The molecule has 0 bridgehead atoms. The lowest BCUT2D eigenvalue weighted by atomic mass is 10.2. The van der Waals surface area contributed by atoms with Gasteiger partial charge in [-0.1, -0.05) is 11.6 Å². The molecule has 0 aliphatic heterocycles. The molecule has 4 aromatic rings. The van der Waals surface area contributed by atoms with Crippen molar-refractivity contribution in [2.75, 3.05) is 0 Å². The molecule has 36 heavy (non-hydrogen) atoms. The van der Waals surface area contributed by atoms with Gasteiger partial charge in [0.1, 0.15) is 40.4 Å². The summed E-state index contributed by atoms with van der Waals surface area (Å²) < 4.78 is 36.2. The van der Waals surface area contributed by atoms with Gasteiger partial charge in [-0.15, -0.1) is 0 Å². The summed E-state index contributed by atoms with van der Waals surface area (Å²) in [7, 11) is 0. The van der Waals surface area contributed by atoms with Crippen LogP contribution in [0, 0.1) is 25.5 Å². The van der Waals surface area contributed by atoms with Crippen molar-refractivity contribution in [2.24, 2.45) is 0 Å². The topological polar surface area (TPSA) is 104 Å². The summed E-state index contributed by atoms with van der Waals surface area (Å²) in [4.78, 5) is 33.9. The van der Waals surface area contributed by atoms with E-state index in [4.69, 9.17) is 16.3 Å². The molecular weight excluding hydrogens is 496 g/mol. The lowest BCUT2D eigenvalue weighted by Crippen LogP contribution is -2.36. The largest absolute Gasteiger partial charge is 0.485 e. The number of imidazole rings is 1. The number of aliphatic hydroxyl groups is 1. The normalized spacial score (nSPS) is 11.7. The van der Waals surface area contributed by atoms with Gasteiger partial charge in [0.25, 0.3) is 5.56 Å². The second-order valence-corrected chi connectivity index (χ2v) is 9.00. The van der Waals surface area contributed by atoms with Crippen molar-refractivity contribution in [3.63, 3.8) is 0 Å². The predicted octanol–water partition coefficient (Wildman–Crippen LogP) is 3.39. The molecule has 12 heteroatoms. The zero-order valence-electron chi connectivity index (χ0n) is 19.8. The molecular formula is C24H22ClF2N5O4. The van der Waals surface area contributed by atoms with Crippen molar-refractivity contribution in [1.29, 1.82) is 0 Å². The molecule has 1 N–H and O–H groups in total. The third-order valence-corrected chi connectivity index (χ3v) is 5.81. The Morgan fingerprint density at radius 3 is 2.44 bits per heavy atom. The lowest BCUT2D eigenvalue weighted by molar-refractivity contribution is -0.00168. The summed E-state index contributed by atoms with van der Waals surface area (Å²) in [6.45, 7) is 5.97. The zero-order chi connectivity index (χ0) is 26.4. The van der Waals surface area contributed by atoms with Gasteiger partial charge in [0.15, 0.2) is 5.82 Å². The van der Waals surface area contributed by atoms with Crippen molar-refractivity contribution in [1.82, 2.24) is 23.7 Å². The molecule has 0 aliphatic rings. The van der Waals surface area contributed by atoms with Crippen LogP contribution in [0.3, 0.4) is 0 Å². The van der Waals surface area contributed by atoms with Gasteiger partial charge < -0.3 is 9.84 Å². The Labute approximate surface area is 208 Å². The van der Waals surface area contributed by atoms with Gasteiger partial charge in [-0.2, -0.15) is 0 Å². The summed E-state index contributed by atoms with van der Waals surface area (Å²) in [6.07, 6.45) is 5.26. The zero-order valence-corrected chi connectivity index (χ0v) is 20.5. The SMILES string of the molecule is Cc1cnc(-n2ccn(C(C)(C)O)c2=O)cc1-n1c(C)cc(OCc2ncc(F)cc2F)c(Cl)c1=O. The minimum absolute atomic E-state index is 0.00588. The number of nitrogens with zero attached hydrogens (tertiary/aromatic N) is 5. The molecule has 9 nitrogen and oxygen atoms in total. The van der Waals surface area contributed by atoms with Crippen LogP contribution in [0.4, 0.5) is 8.78 Å². The van der Waals surface area contributed by atoms with Gasteiger partial charge >= 0.3 is 5.69 Å². The molecule has 188 valence electrons. The van der Waals surface area contributed by atoms with Crippen LogP contribution in [0.15, 0.2) is 52.6 Å². The number of hydrogen-bond acceptors (Lipinski definition) is 6. The minimum atomic E-state index is -1.42. The van der Waals surface area contributed by atoms with Gasteiger partial charge in [0, 0.05) is 42.5 Å². The second-order valence-electron chi connectivity index (χ2n) is 8.62. The van der Waals surface area contributed by atoms with Crippen LogP contribution in [0.1, 0.15) is 30.8 Å². The fraction of sp³-hybridized carbons (Fsp3) is 0.250. The molecule has 4 aromatic heterocycles. The van der Waals surface area contributed by atoms with E-state index in [1.807, 2.05) is 0 Å². The van der Waals surface area contributed by atoms with Crippen LogP contribution in [0.5, 0.6) is 5.75 Å². The van der Waals surface area contributed by atoms with Gasteiger partial charge in [0.2, 0.25) is 0 Å². The first-order valence-corrected chi connectivity index (χ1v) is 11.1. The highest BCUT2D eigenvalue weighted by molar-refractivity contribution is 6.31. The van der Waals surface area contributed by atoms with E-state index >= 15 is 0 Å². The van der Waals surface area contributed by atoms with Crippen LogP contribution in [0.25, 0.3) is 11.5 Å². The highest BCUT2D eigenvalue weighted by atomic mass is 35.5. The Balaban J connectivity index is 1.73. The van der Waals surface area contributed by atoms with Crippen molar-refractivity contribution in [2.45, 2.75) is 40.0 Å². The quantitative estimate of drug-likeness (QED) is 0.420. The maximum Gasteiger partial charge on any atom is 0.336 e. The molecule has 4 rings (SSSR count). The standard InChI is InChI=1S/C24H22ClF2N5O4/c1-13-10-29-20(30-5-6-31(23(30)34)24(3,4)35)9-18(13)32-14(2)7-19(21(25)22(32)33)36-12-17-16(27)8-15(26)11-28-17/h5-11,35H,12H2,1-4H3. The summed E-state index contributed by atoms with van der Waals surface area (Å²) in [5, 5.41) is 9.94. The number of aryl methyl sites for hydroxylation is 2. The number of halogens is 3. The molecule has 0 amide bonds. The molecule has 0 atom stereocenters. The van der Waals surface area contributed by atoms with E-state index in [1.165, 1.54) is 47.6 Å². The van der Waals surface area contributed by atoms with Gasteiger partial charge in [-0.25, -0.2) is 18.6 Å². The van der Waals surface area contributed by atoms with E-state index in [1.54, 1.807) is 19.9 Å². The lowest BCUT2D eigenvalue weighted by Gasteiger charge is -2.18. The summed E-state index contributed by atoms with van der Waals surface area (Å²) >= 11 is 6.30. The first kappa shape index (κ1) is 25.3. The molecule has 0 aromatic carbocycles. The third-order valence-electron chi connectivity index (χ3n) is 5.46. The molecule has 0 saturated carbocycles. The number of aromatic nitrogens is 5.